The first-order chi connectivity index (χ1) is 13.9. The van der Waals surface area contributed by atoms with Gasteiger partial charge in [-0.3, -0.25) is 4.79 Å². The van der Waals surface area contributed by atoms with Gasteiger partial charge >= 0.3 is 0 Å². The quantitative estimate of drug-likeness (QED) is 0.701. The molecular formula is C22H35N3O3S. The molecular weight excluding hydrogens is 386 g/mol. The van der Waals surface area contributed by atoms with Crippen LogP contribution in [-0.2, 0) is 14.8 Å². The van der Waals surface area contributed by atoms with Crippen molar-refractivity contribution in [3.05, 3.63) is 29.8 Å². The Morgan fingerprint density at radius 2 is 1.72 bits per heavy atom. The van der Waals surface area contributed by atoms with E-state index in [1.807, 2.05) is 12.1 Å². The van der Waals surface area contributed by atoms with E-state index in [1.165, 1.54) is 18.4 Å². The monoisotopic (exact) mass is 421 g/mol. The molecule has 1 aliphatic carbocycles. The first-order valence-corrected chi connectivity index (χ1v) is 12.5. The molecule has 6 nitrogen and oxygen atoms in total. The average Bonchev–Trinajstić information content (AvgIpc) is 3.25. The molecule has 1 aliphatic heterocycles. The number of carbonyl (C=O) groups is 1. The summed E-state index contributed by atoms with van der Waals surface area (Å²) < 4.78 is 27.5. The van der Waals surface area contributed by atoms with Crippen LogP contribution in [0, 0.1) is 0 Å². The molecule has 0 bridgehead atoms. The fraction of sp³-hybridized carbons (Fsp3) is 0.682. The lowest BCUT2D eigenvalue weighted by atomic mass is 9.99. The van der Waals surface area contributed by atoms with Gasteiger partial charge in [0.25, 0.3) is 0 Å². The number of benzene rings is 1. The molecule has 2 aliphatic rings. The summed E-state index contributed by atoms with van der Waals surface area (Å²) in [6.45, 7) is 7.25. The third kappa shape index (κ3) is 5.80. The summed E-state index contributed by atoms with van der Waals surface area (Å²) in [5.74, 6) is 0.550. The van der Waals surface area contributed by atoms with Crippen molar-refractivity contribution in [2.24, 2.45) is 0 Å². The summed E-state index contributed by atoms with van der Waals surface area (Å²) in [5, 5.41) is 3.12. The van der Waals surface area contributed by atoms with Gasteiger partial charge in [0, 0.05) is 45.2 Å². The van der Waals surface area contributed by atoms with E-state index in [2.05, 4.69) is 24.1 Å². The van der Waals surface area contributed by atoms with Gasteiger partial charge in [0.1, 0.15) is 0 Å². The van der Waals surface area contributed by atoms with Gasteiger partial charge in [0.2, 0.25) is 15.9 Å². The van der Waals surface area contributed by atoms with Crippen LogP contribution < -0.4 is 5.32 Å². The molecule has 1 N–H and O–H groups in total. The van der Waals surface area contributed by atoms with Crippen molar-refractivity contribution in [3.8, 4) is 0 Å². The van der Waals surface area contributed by atoms with E-state index in [0.717, 1.165) is 19.3 Å². The van der Waals surface area contributed by atoms with E-state index in [1.54, 1.807) is 16.4 Å². The molecule has 1 unspecified atom stereocenters. The normalized spacial score (nSPS) is 20.6. The van der Waals surface area contributed by atoms with Crippen molar-refractivity contribution < 1.29 is 13.2 Å². The zero-order valence-electron chi connectivity index (χ0n) is 17.8. The van der Waals surface area contributed by atoms with Gasteiger partial charge in [-0.25, -0.2) is 8.42 Å². The van der Waals surface area contributed by atoms with Crippen molar-refractivity contribution in [1.82, 2.24) is 14.5 Å². The minimum absolute atomic E-state index is 0.119. The van der Waals surface area contributed by atoms with Crippen molar-refractivity contribution >= 4 is 15.9 Å². The van der Waals surface area contributed by atoms with Gasteiger partial charge in [0.05, 0.1) is 4.90 Å². The van der Waals surface area contributed by atoms with E-state index < -0.39 is 10.0 Å². The fourth-order valence-corrected chi connectivity index (χ4v) is 5.60. The van der Waals surface area contributed by atoms with Crippen LogP contribution in [0.5, 0.6) is 0 Å². The Hall–Kier alpha value is -1.44. The summed E-state index contributed by atoms with van der Waals surface area (Å²) >= 11 is 0. The number of amides is 1. The zero-order valence-corrected chi connectivity index (χ0v) is 18.6. The highest BCUT2D eigenvalue weighted by Gasteiger charge is 2.28. The van der Waals surface area contributed by atoms with Crippen molar-refractivity contribution in [2.45, 2.75) is 69.2 Å². The number of rotatable bonds is 8. The van der Waals surface area contributed by atoms with Crippen LogP contribution in [0.4, 0.5) is 0 Å². The van der Waals surface area contributed by atoms with Crippen molar-refractivity contribution in [2.75, 3.05) is 32.7 Å². The molecule has 162 valence electrons. The molecule has 1 heterocycles. The highest BCUT2D eigenvalue weighted by atomic mass is 32.2. The Labute approximate surface area is 175 Å². The van der Waals surface area contributed by atoms with Gasteiger partial charge in [-0.05, 0) is 42.9 Å². The molecule has 29 heavy (non-hydrogen) atoms. The predicted octanol–water partition coefficient (Wildman–Crippen LogP) is 2.96. The predicted molar refractivity (Wildman–Crippen MR) is 115 cm³/mol. The number of sulfonamides is 1. The Morgan fingerprint density at radius 1 is 1.10 bits per heavy atom. The molecule has 7 heteroatoms. The summed E-state index contributed by atoms with van der Waals surface area (Å²) in [6.07, 6.45) is 6.14. The van der Waals surface area contributed by atoms with Gasteiger partial charge in [-0.15, -0.1) is 0 Å². The van der Waals surface area contributed by atoms with Gasteiger partial charge in [-0.1, -0.05) is 38.8 Å². The molecule has 1 saturated heterocycles. The van der Waals surface area contributed by atoms with Gasteiger partial charge < -0.3 is 10.2 Å². The van der Waals surface area contributed by atoms with Crippen LogP contribution in [0.2, 0.25) is 0 Å². The van der Waals surface area contributed by atoms with Gasteiger partial charge in [0.15, 0.2) is 0 Å². The summed E-state index contributed by atoms with van der Waals surface area (Å²) in [6, 6.07) is 7.68. The first kappa shape index (κ1) is 22.2. The Balaban J connectivity index is 1.47. The van der Waals surface area contributed by atoms with Crippen LogP contribution in [-0.4, -0.2) is 62.3 Å². The van der Waals surface area contributed by atoms with E-state index in [4.69, 9.17) is 0 Å². The number of nitrogens with one attached hydrogen (secondary N) is 1. The molecule has 1 aromatic rings. The van der Waals surface area contributed by atoms with Crippen LogP contribution in [0.15, 0.2) is 29.2 Å². The maximum Gasteiger partial charge on any atom is 0.243 e. The molecule has 0 spiro atoms. The number of hydrogen-bond acceptors (Lipinski definition) is 4. The second-order valence-corrected chi connectivity index (χ2v) is 10.4. The third-order valence-corrected chi connectivity index (χ3v) is 8.32. The highest BCUT2D eigenvalue weighted by Crippen LogP contribution is 2.23. The molecule has 1 amide bonds. The van der Waals surface area contributed by atoms with E-state index in [9.17, 15) is 13.2 Å². The zero-order chi connectivity index (χ0) is 20.9. The van der Waals surface area contributed by atoms with Crippen LogP contribution in [0.25, 0.3) is 0 Å². The minimum Gasteiger partial charge on any atom is -0.353 e. The summed E-state index contributed by atoms with van der Waals surface area (Å²) in [5.41, 5.74) is 1.17. The number of carbonyl (C=O) groups excluding carboxylic acids is 1. The molecule has 3 rings (SSSR count). The molecule has 1 saturated carbocycles. The third-order valence-electron chi connectivity index (χ3n) is 6.41. The molecule has 2 fully saturated rings. The van der Waals surface area contributed by atoms with E-state index in [-0.39, 0.29) is 5.91 Å². The van der Waals surface area contributed by atoms with Crippen LogP contribution in [0.1, 0.15) is 63.9 Å². The highest BCUT2D eigenvalue weighted by molar-refractivity contribution is 7.89. The molecule has 1 aromatic carbocycles. The van der Waals surface area contributed by atoms with Crippen molar-refractivity contribution in [3.63, 3.8) is 0 Å². The standard InChI is InChI=1S/C22H35N3O3S/c1-3-18(2)19-8-10-21(11-9-19)29(27,28)25-16-14-24(15-17-25)13-12-22(26)23-20-6-4-5-7-20/h8-11,18,20H,3-7,12-17H2,1-2H3,(H,23,26). The van der Waals surface area contributed by atoms with Crippen molar-refractivity contribution in [1.29, 1.82) is 0 Å². The summed E-state index contributed by atoms with van der Waals surface area (Å²) in [7, 11) is -3.45. The fourth-order valence-electron chi connectivity index (χ4n) is 4.18. The maximum atomic E-state index is 12.9. The number of hydrogen-bond donors (Lipinski definition) is 1. The topological polar surface area (TPSA) is 69.7 Å². The molecule has 0 aromatic heterocycles. The van der Waals surface area contributed by atoms with Crippen LogP contribution in [0.3, 0.4) is 0 Å². The molecule has 1 atom stereocenters. The lowest BCUT2D eigenvalue weighted by Gasteiger charge is -2.34. The number of nitrogens with zero attached hydrogens (tertiary/aromatic N) is 2. The lowest BCUT2D eigenvalue weighted by Crippen LogP contribution is -2.49. The van der Waals surface area contributed by atoms with E-state index in [0.29, 0.717) is 56.0 Å². The van der Waals surface area contributed by atoms with E-state index >= 15 is 0 Å². The van der Waals surface area contributed by atoms with Gasteiger partial charge in [-0.2, -0.15) is 4.31 Å². The number of piperazine rings is 1. The molecule has 0 radical (unpaired) electrons. The Bertz CT molecular complexity index is 765. The van der Waals surface area contributed by atoms with Crippen LogP contribution >= 0.6 is 0 Å². The average molecular weight is 422 g/mol. The minimum atomic E-state index is -3.45. The first-order valence-electron chi connectivity index (χ1n) is 11.0. The SMILES string of the molecule is CCC(C)c1ccc(S(=O)(=O)N2CCN(CCC(=O)NC3CCCC3)CC2)cc1. The smallest absolute Gasteiger partial charge is 0.243 e. The lowest BCUT2D eigenvalue weighted by molar-refractivity contribution is -0.122. The second kappa shape index (κ2) is 10.0. The second-order valence-electron chi connectivity index (χ2n) is 8.42. The Morgan fingerprint density at radius 3 is 2.31 bits per heavy atom. The summed E-state index contributed by atoms with van der Waals surface area (Å²) in [4.78, 5) is 14.7. The maximum absolute atomic E-state index is 12.9. The Kier molecular flexibility index (Phi) is 7.71. The largest absolute Gasteiger partial charge is 0.353 e.